The van der Waals surface area contributed by atoms with Crippen LogP contribution in [0, 0.1) is 18.3 Å². The van der Waals surface area contributed by atoms with Crippen LogP contribution in [-0.2, 0) is 4.74 Å². The molecule has 0 aliphatic carbocycles. The van der Waals surface area contributed by atoms with Crippen molar-refractivity contribution in [3.05, 3.63) is 17.5 Å². The van der Waals surface area contributed by atoms with Crippen molar-refractivity contribution in [2.75, 3.05) is 46.9 Å². The standard InChI is InChI=1S/C15H23N3O3/c1-11-13(8-21-16-11)14(19)18-5-4-15(10-18)9-17(2)6-12(15)7-20-3/h8,12H,4-7,9-10H2,1-3H3/t12-,15-/m1/s1. The Bertz CT molecular complexity index is 530. The zero-order chi connectivity index (χ0) is 15.0. The summed E-state index contributed by atoms with van der Waals surface area (Å²) < 4.78 is 10.3. The minimum atomic E-state index is 0.0383. The van der Waals surface area contributed by atoms with E-state index in [0.717, 1.165) is 39.2 Å². The third-order valence-corrected chi connectivity index (χ3v) is 5.00. The van der Waals surface area contributed by atoms with Crippen molar-refractivity contribution >= 4 is 5.91 Å². The number of nitrogens with zero attached hydrogens (tertiary/aromatic N) is 3. The fourth-order valence-corrected chi connectivity index (χ4v) is 3.93. The van der Waals surface area contributed by atoms with E-state index < -0.39 is 0 Å². The van der Waals surface area contributed by atoms with E-state index in [1.54, 1.807) is 14.0 Å². The molecule has 21 heavy (non-hydrogen) atoms. The Morgan fingerprint density at radius 2 is 2.38 bits per heavy atom. The maximum atomic E-state index is 12.6. The number of amides is 1. The number of likely N-dealkylation sites (tertiary alicyclic amines) is 2. The van der Waals surface area contributed by atoms with Gasteiger partial charge in [0.05, 0.1) is 12.3 Å². The van der Waals surface area contributed by atoms with Crippen molar-refractivity contribution in [3.8, 4) is 0 Å². The highest BCUT2D eigenvalue weighted by Gasteiger charge is 2.50. The molecule has 6 nitrogen and oxygen atoms in total. The molecule has 2 aliphatic rings. The summed E-state index contributed by atoms with van der Waals surface area (Å²) in [6, 6.07) is 0. The number of carbonyl (C=O) groups excluding carboxylic acids is 1. The lowest BCUT2D eigenvalue weighted by atomic mass is 9.77. The molecule has 3 heterocycles. The summed E-state index contributed by atoms with van der Waals surface area (Å²) in [6.07, 6.45) is 2.50. The van der Waals surface area contributed by atoms with Crippen LogP contribution in [0.3, 0.4) is 0 Å². The molecular formula is C15H23N3O3. The van der Waals surface area contributed by atoms with Crippen molar-refractivity contribution < 1.29 is 14.1 Å². The van der Waals surface area contributed by atoms with E-state index in [9.17, 15) is 4.79 Å². The topological polar surface area (TPSA) is 58.8 Å². The van der Waals surface area contributed by atoms with E-state index in [1.165, 1.54) is 6.26 Å². The SMILES string of the molecule is COC[C@H]1CN(C)C[C@@]12CCN(C(=O)c1conc1C)C2. The second kappa shape index (κ2) is 5.42. The molecule has 1 aromatic heterocycles. The molecule has 0 bridgehead atoms. The lowest BCUT2D eigenvalue weighted by Gasteiger charge is -2.30. The molecule has 2 atom stereocenters. The normalized spacial score (nSPS) is 29.7. The molecule has 0 radical (unpaired) electrons. The second-order valence-electron chi connectivity index (χ2n) is 6.50. The Morgan fingerprint density at radius 1 is 1.57 bits per heavy atom. The lowest BCUT2D eigenvalue weighted by molar-refractivity contribution is 0.0715. The molecule has 0 N–H and O–H groups in total. The summed E-state index contributed by atoms with van der Waals surface area (Å²) in [7, 11) is 3.90. The predicted molar refractivity (Wildman–Crippen MR) is 77.1 cm³/mol. The van der Waals surface area contributed by atoms with Crippen LogP contribution in [0.5, 0.6) is 0 Å². The smallest absolute Gasteiger partial charge is 0.259 e. The molecular weight excluding hydrogens is 270 g/mol. The quantitative estimate of drug-likeness (QED) is 0.833. The largest absolute Gasteiger partial charge is 0.384 e. The minimum absolute atomic E-state index is 0.0383. The number of rotatable bonds is 3. The first-order chi connectivity index (χ1) is 10.1. The van der Waals surface area contributed by atoms with Crippen molar-refractivity contribution in [3.63, 3.8) is 0 Å². The Kier molecular flexibility index (Phi) is 3.75. The first kappa shape index (κ1) is 14.5. The fraction of sp³-hybridized carbons (Fsp3) is 0.733. The fourth-order valence-electron chi connectivity index (χ4n) is 3.93. The van der Waals surface area contributed by atoms with Crippen molar-refractivity contribution in [2.45, 2.75) is 13.3 Å². The summed E-state index contributed by atoms with van der Waals surface area (Å²) in [5, 5.41) is 3.80. The average molecular weight is 293 g/mol. The number of ether oxygens (including phenoxy) is 1. The van der Waals surface area contributed by atoms with Gasteiger partial charge >= 0.3 is 0 Å². The third-order valence-electron chi connectivity index (χ3n) is 5.00. The minimum Gasteiger partial charge on any atom is -0.384 e. The number of methoxy groups -OCH3 is 1. The highest BCUT2D eigenvalue weighted by molar-refractivity contribution is 5.95. The Labute approximate surface area is 125 Å². The lowest BCUT2D eigenvalue weighted by Crippen LogP contribution is -2.38. The molecule has 6 heteroatoms. The van der Waals surface area contributed by atoms with Gasteiger partial charge in [-0.3, -0.25) is 4.79 Å². The Hall–Kier alpha value is -1.40. The van der Waals surface area contributed by atoms with Crippen LogP contribution < -0.4 is 0 Å². The summed E-state index contributed by atoms with van der Waals surface area (Å²) in [5.74, 6) is 0.533. The molecule has 2 aliphatic heterocycles. The van der Waals surface area contributed by atoms with Gasteiger partial charge < -0.3 is 19.1 Å². The number of hydrogen-bond donors (Lipinski definition) is 0. The highest BCUT2D eigenvalue weighted by atomic mass is 16.5. The van der Waals surface area contributed by atoms with Gasteiger partial charge in [-0.15, -0.1) is 0 Å². The van der Waals surface area contributed by atoms with E-state index in [2.05, 4.69) is 17.1 Å². The zero-order valence-electron chi connectivity index (χ0n) is 13.0. The van der Waals surface area contributed by atoms with Crippen LogP contribution in [0.2, 0.25) is 0 Å². The maximum absolute atomic E-state index is 12.6. The van der Waals surface area contributed by atoms with Crippen molar-refractivity contribution in [2.24, 2.45) is 11.3 Å². The zero-order valence-corrected chi connectivity index (χ0v) is 13.0. The Morgan fingerprint density at radius 3 is 3.05 bits per heavy atom. The van der Waals surface area contributed by atoms with Gasteiger partial charge in [0.25, 0.3) is 5.91 Å². The monoisotopic (exact) mass is 293 g/mol. The van der Waals surface area contributed by atoms with Gasteiger partial charge in [0, 0.05) is 44.6 Å². The van der Waals surface area contributed by atoms with E-state index in [1.807, 2.05) is 4.90 Å². The Balaban J connectivity index is 1.75. The van der Waals surface area contributed by atoms with Gasteiger partial charge in [-0.2, -0.15) is 0 Å². The molecule has 0 unspecified atom stereocenters. The molecule has 2 fully saturated rings. The molecule has 116 valence electrons. The number of carbonyl (C=O) groups is 1. The van der Waals surface area contributed by atoms with Crippen molar-refractivity contribution in [1.82, 2.24) is 15.0 Å². The second-order valence-corrected chi connectivity index (χ2v) is 6.50. The highest BCUT2D eigenvalue weighted by Crippen LogP contribution is 2.43. The number of aromatic nitrogens is 1. The molecule has 2 saturated heterocycles. The van der Waals surface area contributed by atoms with Gasteiger partial charge in [-0.25, -0.2) is 0 Å². The number of aryl methyl sites for hydroxylation is 1. The first-order valence-corrected chi connectivity index (χ1v) is 7.43. The number of hydrogen-bond acceptors (Lipinski definition) is 5. The van der Waals surface area contributed by atoms with Gasteiger partial charge in [0.1, 0.15) is 11.8 Å². The van der Waals surface area contributed by atoms with Gasteiger partial charge in [0.2, 0.25) is 0 Å². The van der Waals surface area contributed by atoms with E-state index in [-0.39, 0.29) is 11.3 Å². The molecule has 1 amide bonds. The summed E-state index contributed by atoms with van der Waals surface area (Å²) in [5.41, 5.74) is 1.42. The van der Waals surface area contributed by atoms with Crippen LogP contribution >= 0.6 is 0 Å². The van der Waals surface area contributed by atoms with Crippen molar-refractivity contribution in [1.29, 1.82) is 0 Å². The van der Waals surface area contributed by atoms with Gasteiger partial charge in [-0.05, 0) is 20.4 Å². The van der Waals surface area contributed by atoms with Crippen LogP contribution in [0.4, 0.5) is 0 Å². The van der Waals surface area contributed by atoms with Crippen LogP contribution in [0.1, 0.15) is 22.5 Å². The maximum Gasteiger partial charge on any atom is 0.259 e. The van der Waals surface area contributed by atoms with Crippen LogP contribution in [0.15, 0.2) is 10.8 Å². The summed E-state index contributed by atoms with van der Waals surface area (Å²) in [4.78, 5) is 16.9. The predicted octanol–water partition coefficient (Wildman–Crippen LogP) is 1.02. The molecule has 0 aromatic carbocycles. The summed E-state index contributed by atoms with van der Waals surface area (Å²) in [6.45, 7) is 6.25. The first-order valence-electron chi connectivity index (χ1n) is 7.43. The summed E-state index contributed by atoms with van der Waals surface area (Å²) >= 11 is 0. The molecule has 3 rings (SSSR count). The van der Waals surface area contributed by atoms with E-state index in [4.69, 9.17) is 9.26 Å². The van der Waals surface area contributed by atoms with E-state index in [0.29, 0.717) is 17.2 Å². The average Bonchev–Trinajstić information content (AvgIpc) is 3.11. The molecule has 1 spiro atoms. The molecule has 0 saturated carbocycles. The van der Waals surface area contributed by atoms with Gasteiger partial charge in [0.15, 0.2) is 0 Å². The van der Waals surface area contributed by atoms with Crippen LogP contribution in [0.25, 0.3) is 0 Å². The van der Waals surface area contributed by atoms with Gasteiger partial charge in [-0.1, -0.05) is 5.16 Å². The third kappa shape index (κ3) is 2.46. The van der Waals surface area contributed by atoms with Crippen LogP contribution in [-0.4, -0.2) is 67.8 Å². The van der Waals surface area contributed by atoms with E-state index >= 15 is 0 Å². The molecule has 1 aromatic rings.